The van der Waals surface area contributed by atoms with Crippen molar-refractivity contribution < 1.29 is 9.53 Å². The Balaban J connectivity index is 1.49. The lowest BCUT2D eigenvalue weighted by molar-refractivity contribution is -0.142. The summed E-state index contributed by atoms with van der Waals surface area (Å²) in [5.41, 5.74) is 1.21. The van der Waals surface area contributed by atoms with Crippen molar-refractivity contribution in [1.29, 1.82) is 0 Å². The van der Waals surface area contributed by atoms with E-state index in [-0.39, 0.29) is 12.0 Å². The van der Waals surface area contributed by atoms with Crippen LogP contribution >= 0.6 is 0 Å². The zero-order valence-electron chi connectivity index (χ0n) is 11.8. The molecule has 3 heterocycles. The zero-order valence-corrected chi connectivity index (χ0v) is 11.8. The predicted octanol–water partition coefficient (Wildman–Crippen LogP) is 1.44. The summed E-state index contributed by atoms with van der Waals surface area (Å²) in [6, 6.07) is 4.05. The molecule has 1 N–H and O–H groups in total. The van der Waals surface area contributed by atoms with Gasteiger partial charge in [0.1, 0.15) is 11.9 Å². The van der Waals surface area contributed by atoms with Gasteiger partial charge in [-0.3, -0.25) is 9.69 Å². The van der Waals surface area contributed by atoms with Crippen LogP contribution in [0.25, 0.3) is 0 Å². The number of hydrogen-bond donors (Lipinski definition) is 1. The normalized spacial score (nSPS) is 26.8. The van der Waals surface area contributed by atoms with Crippen LogP contribution in [0.5, 0.6) is 0 Å². The molecule has 2 atom stereocenters. The number of anilines is 1. The van der Waals surface area contributed by atoms with Crippen molar-refractivity contribution in [3.8, 4) is 0 Å². The standard InChI is InChI=1S/C15H21N3O2/c1-11-2-5-16-14(8-11)17-9-12-3-6-18(10-12)13-4-7-20-15(13)19/h2,5,8,12-13H,3-4,6-7,9-10H2,1H3,(H,16,17)/t12-,13-/m0/s1. The summed E-state index contributed by atoms with van der Waals surface area (Å²) < 4.78 is 5.05. The summed E-state index contributed by atoms with van der Waals surface area (Å²) in [6.07, 6.45) is 3.80. The first-order valence-corrected chi connectivity index (χ1v) is 7.29. The summed E-state index contributed by atoms with van der Waals surface area (Å²) in [6.45, 7) is 5.52. The Morgan fingerprint density at radius 1 is 1.50 bits per heavy atom. The molecule has 0 spiro atoms. The fourth-order valence-corrected chi connectivity index (χ4v) is 3.01. The monoisotopic (exact) mass is 275 g/mol. The van der Waals surface area contributed by atoms with Gasteiger partial charge < -0.3 is 10.1 Å². The number of esters is 1. The lowest BCUT2D eigenvalue weighted by Gasteiger charge is -2.20. The van der Waals surface area contributed by atoms with Gasteiger partial charge >= 0.3 is 5.97 Å². The van der Waals surface area contributed by atoms with E-state index in [0.29, 0.717) is 12.5 Å². The number of carbonyl (C=O) groups excluding carboxylic acids is 1. The van der Waals surface area contributed by atoms with E-state index in [1.165, 1.54) is 5.56 Å². The molecule has 20 heavy (non-hydrogen) atoms. The first-order chi connectivity index (χ1) is 9.72. The van der Waals surface area contributed by atoms with E-state index in [0.717, 1.165) is 38.3 Å². The van der Waals surface area contributed by atoms with Gasteiger partial charge in [-0.05, 0) is 43.5 Å². The molecule has 0 aliphatic carbocycles. The molecule has 0 bridgehead atoms. The summed E-state index contributed by atoms with van der Waals surface area (Å²) in [7, 11) is 0. The largest absolute Gasteiger partial charge is 0.464 e. The van der Waals surface area contributed by atoms with Crippen molar-refractivity contribution in [2.45, 2.75) is 25.8 Å². The van der Waals surface area contributed by atoms with Gasteiger partial charge in [-0.2, -0.15) is 0 Å². The maximum absolute atomic E-state index is 11.6. The van der Waals surface area contributed by atoms with Crippen LogP contribution in [0.4, 0.5) is 5.82 Å². The number of aryl methyl sites for hydroxylation is 1. The second-order valence-electron chi connectivity index (χ2n) is 5.72. The van der Waals surface area contributed by atoms with Crippen molar-refractivity contribution in [2.75, 3.05) is 31.6 Å². The fraction of sp³-hybridized carbons (Fsp3) is 0.600. The molecule has 108 valence electrons. The predicted molar refractivity (Wildman–Crippen MR) is 76.5 cm³/mol. The van der Waals surface area contributed by atoms with Crippen molar-refractivity contribution in [3.05, 3.63) is 23.9 Å². The van der Waals surface area contributed by atoms with Gasteiger partial charge in [0.25, 0.3) is 0 Å². The van der Waals surface area contributed by atoms with E-state index in [4.69, 9.17) is 4.74 Å². The molecule has 5 heteroatoms. The summed E-state index contributed by atoms with van der Waals surface area (Å²) in [5, 5.41) is 3.40. The lowest BCUT2D eigenvalue weighted by Crippen LogP contribution is -2.37. The number of hydrogen-bond acceptors (Lipinski definition) is 5. The lowest BCUT2D eigenvalue weighted by atomic mass is 10.1. The molecule has 0 radical (unpaired) electrons. The third-order valence-corrected chi connectivity index (χ3v) is 4.15. The average molecular weight is 275 g/mol. The summed E-state index contributed by atoms with van der Waals surface area (Å²) >= 11 is 0. The second kappa shape index (κ2) is 5.79. The van der Waals surface area contributed by atoms with Crippen LogP contribution < -0.4 is 5.32 Å². The fourth-order valence-electron chi connectivity index (χ4n) is 3.01. The molecule has 0 unspecified atom stereocenters. The molecule has 1 aromatic heterocycles. The van der Waals surface area contributed by atoms with E-state index in [2.05, 4.69) is 28.2 Å². The molecule has 0 amide bonds. The van der Waals surface area contributed by atoms with Crippen LogP contribution in [-0.4, -0.2) is 48.1 Å². The Kier molecular flexibility index (Phi) is 3.87. The van der Waals surface area contributed by atoms with E-state index in [1.807, 2.05) is 12.3 Å². The second-order valence-corrected chi connectivity index (χ2v) is 5.72. The van der Waals surface area contributed by atoms with E-state index in [9.17, 15) is 4.79 Å². The van der Waals surface area contributed by atoms with Crippen LogP contribution in [0.3, 0.4) is 0 Å². The van der Waals surface area contributed by atoms with Crippen LogP contribution in [-0.2, 0) is 9.53 Å². The molecule has 2 saturated heterocycles. The average Bonchev–Trinajstić information content (AvgIpc) is 3.05. The topological polar surface area (TPSA) is 54.5 Å². The maximum Gasteiger partial charge on any atom is 0.323 e. The highest BCUT2D eigenvalue weighted by atomic mass is 16.5. The molecule has 1 aromatic rings. The van der Waals surface area contributed by atoms with Crippen LogP contribution in [0.2, 0.25) is 0 Å². The Morgan fingerprint density at radius 3 is 3.15 bits per heavy atom. The van der Waals surface area contributed by atoms with Crippen molar-refractivity contribution in [1.82, 2.24) is 9.88 Å². The Labute approximate surface area is 119 Å². The van der Waals surface area contributed by atoms with E-state index in [1.54, 1.807) is 0 Å². The van der Waals surface area contributed by atoms with Crippen LogP contribution in [0.15, 0.2) is 18.3 Å². The highest BCUT2D eigenvalue weighted by molar-refractivity contribution is 5.77. The molecular weight excluding hydrogens is 254 g/mol. The minimum Gasteiger partial charge on any atom is -0.464 e. The molecule has 2 aliphatic heterocycles. The number of cyclic esters (lactones) is 1. The molecule has 2 aliphatic rings. The number of aromatic nitrogens is 1. The van der Waals surface area contributed by atoms with Gasteiger partial charge in [-0.25, -0.2) is 4.98 Å². The van der Waals surface area contributed by atoms with Gasteiger partial charge in [0.05, 0.1) is 6.61 Å². The van der Waals surface area contributed by atoms with Gasteiger partial charge in [-0.15, -0.1) is 0 Å². The Hall–Kier alpha value is -1.62. The minimum atomic E-state index is -0.0426. The SMILES string of the molecule is Cc1ccnc(NC[C@@H]2CCN([C@H]3CCOC3=O)C2)c1. The third kappa shape index (κ3) is 2.93. The van der Waals surface area contributed by atoms with Crippen LogP contribution in [0.1, 0.15) is 18.4 Å². The van der Waals surface area contributed by atoms with Crippen molar-refractivity contribution in [3.63, 3.8) is 0 Å². The Bertz CT molecular complexity index is 492. The molecule has 2 fully saturated rings. The maximum atomic E-state index is 11.6. The van der Waals surface area contributed by atoms with Gasteiger partial charge in [0.2, 0.25) is 0 Å². The first-order valence-electron chi connectivity index (χ1n) is 7.29. The Morgan fingerprint density at radius 2 is 2.40 bits per heavy atom. The first kappa shape index (κ1) is 13.4. The smallest absolute Gasteiger partial charge is 0.323 e. The van der Waals surface area contributed by atoms with E-state index >= 15 is 0 Å². The molecule has 0 saturated carbocycles. The number of pyridine rings is 1. The third-order valence-electron chi connectivity index (χ3n) is 4.15. The van der Waals surface area contributed by atoms with E-state index < -0.39 is 0 Å². The van der Waals surface area contributed by atoms with Crippen LogP contribution in [0, 0.1) is 12.8 Å². The minimum absolute atomic E-state index is 0.00269. The zero-order chi connectivity index (χ0) is 13.9. The molecule has 5 nitrogen and oxygen atoms in total. The summed E-state index contributed by atoms with van der Waals surface area (Å²) in [4.78, 5) is 18.2. The van der Waals surface area contributed by atoms with Gasteiger partial charge in [0.15, 0.2) is 0 Å². The number of nitrogens with one attached hydrogen (secondary N) is 1. The number of likely N-dealkylation sites (tertiary alicyclic amines) is 1. The highest BCUT2D eigenvalue weighted by Crippen LogP contribution is 2.23. The van der Waals surface area contributed by atoms with Crippen molar-refractivity contribution >= 4 is 11.8 Å². The molecular formula is C15H21N3O2. The molecule has 0 aromatic carbocycles. The van der Waals surface area contributed by atoms with Gasteiger partial charge in [-0.1, -0.05) is 0 Å². The van der Waals surface area contributed by atoms with Crippen molar-refractivity contribution in [2.24, 2.45) is 5.92 Å². The van der Waals surface area contributed by atoms with Gasteiger partial charge in [0, 0.05) is 25.7 Å². The number of carbonyl (C=O) groups is 1. The quantitative estimate of drug-likeness (QED) is 0.843. The number of ether oxygens (including phenoxy) is 1. The molecule has 3 rings (SSSR count). The highest BCUT2D eigenvalue weighted by Gasteiger charge is 2.36. The summed E-state index contributed by atoms with van der Waals surface area (Å²) in [5.74, 6) is 1.47. The number of nitrogens with zero attached hydrogens (tertiary/aromatic N) is 2. The number of rotatable bonds is 4.